The number of rotatable bonds is 2. The molecule has 3 aromatic rings. The van der Waals surface area contributed by atoms with Crippen molar-refractivity contribution in [3.8, 4) is 0 Å². The van der Waals surface area contributed by atoms with Gasteiger partial charge in [-0.2, -0.15) is 13.2 Å². The molecule has 1 saturated heterocycles. The maximum Gasteiger partial charge on any atom is 0.417 e. The number of anilines is 1. The van der Waals surface area contributed by atoms with Crippen LogP contribution in [0.15, 0.2) is 48.8 Å². The first-order valence-corrected chi connectivity index (χ1v) is 8.96. The lowest BCUT2D eigenvalue weighted by atomic mass is 10.1. The molecular formula is C20H19F3N4O. The van der Waals surface area contributed by atoms with E-state index in [0.29, 0.717) is 37.6 Å². The minimum atomic E-state index is -4.39. The largest absolute Gasteiger partial charge is 0.417 e. The van der Waals surface area contributed by atoms with Crippen molar-refractivity contribution in [1.29, 1.82) is 0 Å². The minimum absolute atomic E-state index is 0.0307. The van der Waals surface area contributed by atoms with Crippen molar-refractivity contribution in [3.05, 3.63) is 59.9 Å². The molecule has 1 aliphatic rings. The molecule has 0 N–H and O–H groups in total. The first kappa shape index (κ1) is 18.3. The molecule has 1 fully saturated rings. The molecular weight excluding hydrogens is 369 g/mol. The van der Waals surface area contributed by atoms with Gasteiger partial charge >= 0.3 is 6.18 Å². The normalized spacial score (nSPS) is 15.3. The lowest BCUT2D eigenvalue weighted by molar-refractivity contribution is -0.137. The Hall–Kier alpha value is -3.03. The van der Waals surface area contributed by atoms with Gasteiger partial charge in [-0.25, -0.2) is 4.98 Å². The highest BCUT2D eigenvalue weighted by Gasteiger charge is 2.31. The second-order valence-corrected chi connectivity index (χ2v) is 6.85. The summed E-state index contributed by atoms with van der Waals surface area (Å²) < 4.78 is 40.0. The van der Waals surface area contributed by atoms with Crippen LogP contribution >= 0.6 is 0 Å². The predicted molar refractivity (Wildman–Crippen MR) is 100 cm³/mol. The third kappa shape index (κ3) is 3.30. The molecule has 3 heterocycles. The highest BCUT2D eigenvalue weighted by atomic mass is 19.4. The average molecular weight is 388 g/mol. The Kier molecular flexibility index (Phi) is 4.49. The number of amides is 1. The Bertz CT molecular complexity index is 1000. The van der Waals surface area contributed by atoms with Crippen molar-refractivity contribution in [2.75, 3.05) is 31.1 Å². The summed E-state index contributed by atoms with van der Waals surface area (Å²) in [4.78, 5) is 20.6. The van der Waals surface area contributed by atoms with Gasteiger partial charge in [0.05, 0.1) is 5.56 Å². The van der Waals surface area contributed by atoms with Crippen LogP contribution in [-0.2, 0) is 13.2 Å². The van der Waals surface area contributed by atoms with Crippen molar-refractivity contribution in [1.82, 2.24) is 14.5 Å². The molecule has 1 aliphatic heterocycles. The number of hydrogen-bond acceptors (Lipinski definition) is 3. The van der Waals surface area contributed by atoms with E-state index in [1.807, 2.05) is 47.0 Å². The molecule has 0 bridgehead atoms. The summed E-state index contributed by atoms with van der Waals surface area (Å²) in [7, 11) is 1.94. The quantitative estimate of drug-likeness (QED) is 0.674. The average Bonchev–Trinajstić information content (AvgIpc) is 3.08. The molecule has 0 radical (unpaired) electrons. The van der Waals surface area contributed by atoms with E-state index in [0.717, 1.165) is 23.2 Å². The van der Waals surface area contributed by atoms with Gasteiger partial charge in [0.25, 0.3) is 5.91 Å². The number of halogens is 3. The molecule has 0 atom stereocenters. The van der Waals surface area contributed by atoms with Gasteiger partial charge in [-0.15, -0.1) is 0 Å². The second kappa shape index (κ2) is 6.85. The molecule has 146 valence electrons. The number of fused-ring (bicyclic) bond motifs is 1. The van der Waals surface area contributed by atoms with E-state index in [-0.39, 0.29) is 5.91 Å². The zero-order chi connectivity index (χ0) is 19.9. The predicted octanol–water partition coefficient (Wildman–Crippen LogP) is 3.55. The highest BCUT2D eigenvalue weighted by molar-refractivity contribution is 6.06. The summed E-state index contributed by atoms with van der Waals surface area (Å²) in [6, 6.07) is 10.0. The number of piperazine rings is 1. The summed E-state index contributed by atoms with van der Waals surface area (Å²) in [5, 5.41) is 0.918. The van der Waals surface area contributed by atoms with Crippen LogP contribution < -0.4 is 4.90 Å². The van der Waals surface area contributed by atoms with Crippen LogP contribution in [0.5, 0.6) is 0 Å². The van der Waals surface area contributed by atoms with Crippen LogP contribution in [0.1, 0.15) is 15.9 Å². The Morgan fingerprint density at radius 2 is 1.79 bits per heavy atom. The number of aryl methyl sites for hydroxylation is 1. The van der Waals surface area contributed by atoms with Gasteiger partial charge in [0.1, 0.15) is 5.82 Å². The van der Waals surface area contributed by atoms with E-state index in [2.05, 4.69) is 4.98 Å². The van der Waals surface area contributed by atoms with Gasteiger partial charge in [-0.05, 0) is 30.3 Å². The lowest BCUT2D eigenvalue weighted by Gasteiger charge is -2.35. The van der Waals surface area contributed by atoms with Gasteiger partial charge in [0, 0.05) is 62.1 Å². The first-order valence-electron chi connectivity index (χ1n) is 8.96. The third-order valence-corrected chi connectivity index (χ3v) is 5.12. The fraction of sp³-hybridized carbons (Fsp3) is 0.300. The van der Waals surface area contributed by atoms with Gasteiger partial charge in [0.15, 0.2) is 0 Å². The molecule has 1 aromatic carbocycles. The van der Waals surface area contributed by atoms with Crippen molar-refractivity contribution >= 4 is 22.6 Å². The second-order valence-electron chi connectivity index (χ2n) is 6.85. The maximum atomic E-state index is 13.0. The summed E-state index contributed by atoms with van der Waals surface area (Å²) in [5.74, 6) is 0.460. The molecule has 4 rings (SSSR count). The first-order chi connectivity index (χ1) is 13.3. The number of carbonyl (C=O) groups excluding carboxylic acids is 1. The third-order valence-electron chi connectivity index (χ3n) is 5.12. The summed E-state index contributed by atoms with van der Waals surface area (Å²) in [5.41, 5.74) is 0.902. The van der Waals surface area contributed by atoms with Crippen molar-refractivity contribution in [3.63, 3.8) is 0 Å². The topological polar surface area (TPSA) is 41.4 Å². The molecule has 28 heavy (non-hydrogen) atoms. The van der Waals surface area contributed by atoms with E-state index in [1.54, 1.807) is 4.90 Å². The fourth-order valence-electron chi connectivity index (χ4n) is 3.54. The number of nitrogens with zero attached hydrogens (tertiary/aromatic N) is 4. The van der Waals surface area contributed by atoms with E-state index in [4.69, 9.17) is 0 Å². The molecule has 1 amide bonds. The van der Waals surface area contributed by atoms with E-state index in [1.165, 1.54) is 6.07 Å². The van der Waals surface area contributed by atoms with Crippen molar-refractivity contribution in [2.24, 2.45) is 7.05 Å². The van der Waals surface area contributed by atoms with E-state index in [9.17, 15) is 18.0 Å². The molecule has 0 spiro atoms. The Labute approximate surface area is 160 Å². The number of hydrogen-bond donors (Lipinski definition) is 0. The van der Waals surface area contributed by atoms with Crippen LogP contribution in [0.2, 0.25) is 0 Å². The molecule has 0 aliphatic carbocycles. The van der Waals surface area contributed by atoms with Gasteiger partial charge in [-0.3, -0.25) is 4.79 Å². The Balaban J connectivity index is 1.46. The number of carbonyl (C=O) groups is 1. The van der Waals surface area contributed by atoms with Gasteiger partial charge in [-0.1, -0.05) is 6.07 Å². The fourth-order valence-corrected chi connectivity index (χ4v) is 3.54. The van der Waals surface area contributed by atoms with E-state index >= 15 is 0 Å². The highest BCUT2D eigenvalue weighted by Crippen LogP contribution is 2.29. The van der Waals surface area contributed by atoms with Crippen LogP contribution in [0.25, 0.3) is 10.9 Å². The zero-order valence-electron chi connectivity index (χ0n) is 15.3. The van der Waals surface area contributed by atoms with Gasteiger partial charge < -0.3 is 14.4 Å². The minimum Gasteiger partial charge on any atom is -0.353 e. The van der Waals surface area contributed by atoms with Crippen LogP contribution in [-0.4, -0.2) is 46.5 Å². The number of aromatic nitrogens is 2. The van der Waals surface area contributed by atoms with Crippen LogP contribution in [0, 0.1) is 0 Å². The Morgan fingerprint density at radius 1 is 1.04 bits per heavy atom. The molecule has 5 nitrogen and oxygen atoms in total. The summed E-state index contributed by atoms with van der Waals surface area (Å²) >= 11 is 0. The lowest BCUT2D eigenvalue weighted by Crippen LogP contribution is -2.49. The summed E-state index contributed by atoms with van der Waals surface area (Å²) in [6.45, 7) is 2.03. The zero-order valence-corrected chi connectivity index (χ0v) is 15.3. The summed E-state index contributed by atoms with van der Waals surface area (Å²) in [6.07, 6.45) is -1.62. The van der Waals surface area contributed by atoms with Crippen molar-refractivity contribution in [2.45, 2.75) is 6.18 Å². The maximum absolute atomic E-state index is 13.0. The monoisotopic (exact) mass is 388 g/mol. The standard InChI is InChI=1S/C20H19F3N4O/c1-25-8-7-15-16(3-2-4-17(15)25)19(28)27-11-9-26(10-12-27)18-6-5-14(13-24-18)20(21,22)23/h2-8,13H,9-12H2,1H3. The van der Waals surface area contributed by atoms with E-state index < -0.39 is 11.7 Å². The molecule has 0 saturated carbocycles. The van der Waals surface area contributed by atoms with Crippen molar-refractivity contribution < 1.29 is 18.0 Å². The SMILES string of the molecule is Cn1ccc2c(C(=O)N3CCN(c4ccc(C(F)(F)F)cn4)CC3)cccc21. The smallest absolute Gasteiger partial charge is 0.353 e. The van der Waals surface area contributed by atoms with Crippen LogP contribution in [0.3, 0.4) is 0 Å². The van der Waals surface area contributed by atoms with Gasteiger partial charge in [0.2, 0.25) is 0 Å². The molecule has 0 unspecified atom stereocenters. The number of alkyl halides is 3. The molecule has 2 aromatic heterocycles. The Morgan fingerprint density at radius 3 is 2.43 bits per heavy atom. The van der Waals surface area contributed by atoms with Crippen LogP contribution in [0.4, 0.5) is 19.0 Å². The number of benzene rings is 1. The number of pyridine rings is 1. The molecule has 8 heteroatoms.